The van der Waals surface area contributed by atoms with Crippen LogP contribution in [0.4, 0.5) is 10.1 Å². The zero-order valence-corrected chi connectivity index (χ0v) is 16.7. The number of hydrogen-bond acceptors (Lipinski definition) is 7. The molecule has 0 bridgehead atoms. The van der Waals surface area contributed by atoms with Crippen LogP contribution in [0.15, 0.2) is 53.6 Å². The summed E-state index contributed by atoms with van der Waals surface area (Å²) >= 11 is 0. The maximum Gasteiger partial charge on any atom is 0.283 e. The summed E-state index contributed by atoms with van der Waals surface area (Å²) in [5.41, 5.74) is 0.945. The maximum absolute atomic E-state index is 13.4. The predicted octanol–water partition coefficient (Wildman–Crippen LogP) is 1.59. The molecule has 5 rings (SSSR count). The molecular formula is C21H17FN6O4. The number of benzene rings is 2. The number of hydrogen-bond donors (Lipinski definition) is 1. The Hall–Kier alpha value is -4.28. The van der Waals surface area contributed by atoms with Crippen LogP contribution < -0.4 is 20.3 Å². The van der Waals surface area contributed by atoms with E-state index in [1.165, 1.54) is 23.1 Å². The van der Waals surface area contributed by atoms with Gasteiger partial charge in [-0.2, -0.15) is 0 Å². The van der Waals surface area contributed by atoms with Crippen molar-refractivity contribution in [2.45, 2.75) is 13.1 Å². The first-order valence-electron chi connectivity index (χ1n) is 9.79. The summed E-state index contributed by atoms with van der Waals surface area (Å²) in [5, 5.41) is 10.6. The number of carbonyl (C=O) groups excluding carboxylic acids is 1. The number of nitrogens with one attached hydrogen (secondary N) is 1. The van der Waals surface area contributed by atoms with Gasteiger partial charge in [0.25, 0.3) is 5.56 Å². The molecule has 0 radical (unpaired) electrons. The van der Waals surface area contributed by atoms with Crippen LogP contribution in [-0.4, -0.2) is 43.7 Å². The van der Waals surface area contributed by atoms with E-state index in [1.54, 1.807) is 30.3 Å². The summed E-state index contributed by atoms with van der Waals surface area (Å²) in [6.45, 7) is 0.859. The van der Waals surface area contributed by atoms with Gasteiger partial charge in [-0.3, -0.25) is 14.2 Å². The van der Waals surface area contributed by atoms with Gasteiger partial charge in [0.2, 0.25) is 5.91 Å². The number of amides is 1. The molecule has 0 saturated heterocycles. The van der Waals surface area contributed by atoms with Crippen LogP contribution in [0.2, 0.25) is 0 Å². The lowest BCUT2D eigenvalue weighted by Crippen LogP contribution is -2.28. The summed E-state index contributed by atoms with van der Waals surface area (Å²) < 4.78 is 26.9. The van der Waals surface area contributed by atoms with E-state index in [0.717, 1.165) is 4.57 Å². The fourth-order valence-electron chi connectivity index (χ4n) is 3.39. The molecule has 0 fully saturated rings. The standard InChI is InChI=1S/C21H17FN6O4/c22-14-3-1-2-13(8-14)10-28-20-19(25-26-28)21(30)27(12-23-20)11-18(29)24-15-4-5-16-17(9-15)32-7-6-31-16/h1-5,8-9,12H,6-7,10-11H2,(H,24,29). The van der Waals surface area contributed by atoms with Crippen molar-refractivity contribution in [2.75, 3.05) is 18.5 Å². The van der Waals surface area contributed by atoms with Crippen LogP contribution in [0.5, 0.6) is 11.5 Å². The quantitative estimate of drug-likeness (QED) is 0.505. The molecule has 2 aromatic carbocycles. The lowest BCUT2D eigenvalue weighted by Gasteiger charge is -2.19. The third-order valence-electron chi connectivity index (χ3n) is 4.85. The van der Waals surface area contributed by atoms with Gasteiger partial charge in [0.15, 0.2) is 22.7 Å². The second-order valence-corrected chi connectivity index (χ2v) is 7.13. The van der Waals surface area contributed by atoms with Gasteiger partial charge in [0, 0.05) is 11.8 Å². The van der Waals surface area contributed by atoms with Crippen molar-refractivity contribution < 1.29 is 18.7 Å². The van der Waals surface area contributed by atoms with Gasteiger partial charge in [-0.25, -0.2) is 14.1 Å². The van der Waals surface area contributed by atoms with Gasteiger partial charge in [-0.15, -0.1) is 5.10 Å². The molecule has 2 aromatic heterocycles. The largest absolute Gasteiger partial charge is 0.486 e. The van der Waals surface area contributed by atoms with Gasteiger partial charge in [-0.05, 0) is 29.8 Å². The smallest absolute Gasteiger partial charge is 0.283 e. The average molecular weight is 436 g/mol. The Morgan fingerprint density at radius 1 is 1.12 bits per heavy atom. The molecule has 162 valence electrons. The summed E-state index contributed by atoms with van der Waals surface area (Å²) in [4.78, 5) is 29.5. The van der Waals surface area contributed by atoms with E-state index in [0.29, 0.717) is 36.0 Å². The van der Waals surface area contributed by atoms with Crippen molar-refractivity contribution in [3.05, 3.63) is 70.5 Å². The van der Waals surface area contributed by atoms with Crippen molar-refractivity contribution in [1.82, 2.24) is 24.5 Å². The van der Waals surface area contributed by atoms with Crippen LogP contribution in [0, 0.1) is 5.82 Å². The molecular weight excluding hydrogens is 419 g/mol. The third-order valence-corrected chi connectivity index (χ3v) is 4.85. The molecule has 1 aliphatic rings. The molecule has 0 atom stereocenters. The number of halogens is 1. The Balaban J connectivity index is 1.33. The van der Waals surface area contributed by atoms with E-state index in [2.05, 4.69) is 20.6 Å². The molecule has 32 heavy (non-hydrogen) atoms. The maximum atomic E-state index is 13.4. The molecule has 1 amide bonds. The molecule has 0 aliphatic carbocycles. The first kappa shape index (κ1) is 19.7. The Morgan fingerprint density at radius 2 is 1.97 bits per heavy atom. The van der Waals surface area contributed by atoms with E-state index in [-0.39, 0.29) is 30.1 Å². The topological polar surface area (TPSA) is 113 Å². The molecule has 0 spiro atoms. The lowest BCUT2D eigenvalue weighted by atomic mass is 10.2. The van der Waals surface area contributed by atoms with Gasteiger partial charge in [-0.1, -0.05) is 17.3 Å². The second-order valence-electron chi connectivity index (χ2n) is 7.13. The van der Waals surface area contributed by atoms with Crippen LogP contribution in [0.25, 0.3) is 11.2 Å². The van der Waals surface area contributed by atoms with Crippen molar-refractivity contribution in [2.24, 2.45) is 0 Å². The molecule has 1 N–H and O–H groups in total. The minimum absolute atomic E-state index is 0.0241. The molecule has 11 heteroatoms. The molecule has 4 aromatic rings. The van der Waals surface area contributed by atoms with Crippen LogP contribution in [-0.2, 0) is 17.9 Å². The fourth-order valence-corrected chi connectivity index (χ4v) is 3.39. The fraction of sp³-hybridized carbons (Fsp3) is 0.190. The minimum atomic E-state index is -0.502. The van der Waals surface area contributed by atoms with Crippen LogP contribution in [0.3, 0.4) is 0 Å². The van der Waals surface area contributed by atoms with Crippen LogP contribution >= 0.6 is 0 Å². The summed E-state index contributed by atoms with van der Waals surface area (Å²) in [5.74, 6) is 0.369. The highest BCUT2D eigenvalue weighted by Crippen LogP contribution is 2.32. The zero-order valence-electron chi connectivity index (χ0n) is 16.7. The number of ether oxygens (including phenoxy) is 2. The molecule has 3 heterocycles. The molecule has 10 nitrogen and oxygen atoms in total. The summed E-state index contributed by atoms with van der Waals surface area (Å²) in [6.07, 6.45) is 1.26. The van der Waals surface area contributed by atoms with E-state index >= 15 is 0 Å². The van der Waals surface area contributed by atoms with Gasteiger partial charge in [0.1, 0.15) is 31.9 Å². The number of fused-ring (bicyclic) bond motifs is 2. The summed E-state index contributed by atoms with van der Waals surface area (Å²) in [7, 11) is 0. The third kappa shape index (κ3) is 3.87. The van der Waals surface area contributed by atoms with E-state index in [1.807, 2.05) is 0 Å². The molecule has 0 unspecified atom stereocenters. The first-order valence-corrected chi connectivity index (χ1v) is 9.79. The Labute approximate surface area is 180 Å². The number of anilines is 1. The first-order chi connectivity index (χ1) is 15.6. The molecule has 0 saturated carbocycles. The highest BCUT2D eigenvalue weighted by Gasteiger charge is 2.16. The monoisotopic (exact) mass is 436 g/mol. The highest BCUT2D eigenvalue weighted by atomic mass is 19.1. The van der Waals surface area contributed by atoms with Gasteiger partial charge < -0.3 is 14.8 Å². The number of nitrogens with zero attached hydrogens (tertiary/aromatic N) is 5. The Morgan fingerprint density at radius 3 is 2.81 bits per heavy atom. The van der Waals surface area contributed by atoms with Crippen molar-refractivity contribution in [3.63, 3.8) is 0 Å². The van der Waals surface area contributed by atoms with Crippen LogP contribution in [0.1, 0.15) is 5.56 Å². The normalized spacial score (nSPS) is 12.7. The lowest BCUT2D eigenvalue weighted by molar-refractivity contribution is -0.116. The molecule has 1 aliphatic heterocycles. The predicted molar refractivity (Wildman–Crippen MR) is 111 cm³/mol. The number of rotatable bonds is 5. The zero-order chi connectivity index (χ0) is 22.1. The average Bonchev–Trinajstić information content (AvgIpc) is 3.19. The van der Waals surface area contributed by atoms with E-state index in [9.17, 15) is 14.0 Å². The van der Waals surface area contributed by atoms with Crippen molar-refractivity contribution >= 4 is 22.8 Å². The SMILES string of the molecule is O=C(Cn1cnc2c(nnn2Cc2cccc(F)c2)c1=O)Nc1ccc2c(c1)OCCO2. The number of aromatic nitrogens is 5. The second kappa shape index (κ2) is 8.10. The van der Waals surface area contributed by atoms with Gasteiger partial charge >= 0.3 is 0 Å². The Bertz CT molecular complexity index is 1380. The number of carbonyl (C=O) groups is 1. The van der Waals surface area contributed by atoms with E-state index < -0.39 is 11.5 Å². The highest BCUT2D eigenvalue weighted by molar-refractivity contribution is 5.91. The van der Waals surface area contributed by atoms with E-state index in [4.69, 9.17) is 9.47 Å². The Kier molecular flexibility index (Phi) is 4.98. The summed E-state index contributed by atoms with van der Waals surface area (Å²) in [6, 6.07) is 11.1. The van der Waals surface area contributed by atoms with Crippen molar-refractivity contribution in [3.8, 4) is 11.5 Å². The minimum Gasteiger partial charge on any atom is -0.486 e. The van der Waals surface area contributed by atoms with Crippen molar-refractivity contribution in [1.29, 1.82) is 0 Å². The van der Waals surface area contributed by atoms with Gasteiger partial charge in [0.05, 0.1) is 6.54 Å².